The molecule has 2 rings (SSSR count). The van der Waals surface area contributed by atoms with Gasteiger partial charge in [-0.3, -0.25) is 0 Å². The van der Waals surface area contributed by atoms with Crippen molar-refractivity contribution in [2.75, 3.05) is 10.6 Å². The van der Waals surface area contributed by atoms with E-state index in [1.807, 2.05) is 0 Å². The monoisotopic (exact) mass is 288 g/mol. The van der Waals surface area contributed by atoms with Gasteiger partial charge in [0, 0.05) is 5.69 Å². The van der Waals surface area contributed by atoms with Crippen molar-refractivity contribution in [2.24, 2.45) is 0 Å². The largest absolute Gasteiger partial charge is 0.478 e. The molecule has 2 amide bonds. The number of carboxylic acids is 1. The molecule has 6 heteroatoms. The lowest BCUT2D eigenvalue weighted by molar-refractivity contribution is 0.0697. The molecule has 0 saturated heterocycles. The number of carbonyl (C=O) groups is 2. The van der Waals surface area contributed by atoms with Crippen LogP contribution in [0.4, 0.5) is 20.6 Å². The van der Waals surface area contributed by atoms with Gasteiger partial charge in [-0.25, -0.2) is 14.0 Å². The molecule has 21 heavy (non-hydrogen) atoms. The number of hydrogen-bond acceptors (Lipinski definition) is 2. The maximum Gasteiger partial charge on any atom is 0.335 e. The van der Waals surface area contributed by atoms with Crippen LogP contribution in [0.1, 0.15) is 15.9 Å². The van der Waals surface area contributed by atoms with E-state index in [9.17, 15) is 14.0 Å². The minimum atomic E-state index is -1.09. The van der Waals surface area contributed by atoms with Crippen molar-refractivity contribution in [3.63, 3.8) is 0 Å². The Hall–Kier alpha value is -2.89. The molecular formula is C15H13FN2O3. The fourth-order valence-electron chi connectivity index (χ4n) is 1.75. The van der Waals surface area contributed by atoms with Crippen molar-refractivity contribution in [3.8, 4) is 0 Å². The van der Waals surface area contributed by atoms with Gasteiger partial charge in [-0.15, -0.1) is 0 Å². The zero-order chi connectivity index (χ0) is 15.4. The van der Waals surface area contributed by atoms with E-state index in [1.54, 1.807) is 19.1 Å². The van der Waals surface area contributed by atoms with E-state index >= 15 is 0 Å². The first-order chi connectivity index (χ1) is 9.95. The Balaban J connectivity index is 2.10. The molecule has 0 saturated carbocycles. The Morgan fingerprint density at radius 3 is 2.57 bits per heavy atom. The highest BCUT2D eigenvalue weighted by molar-refractivity contribution is 6.00. The Labute approximate surface area is 120 Å². The van der Waals surface area contributed by atoms with Crippen molar-refractivity contribution in [1.29, 1.82) is 0 Å². The van der Waals surface area contributed by atoms with Crippen molar-refractivity contribution in [3.05, 3.63) is 59.4 Å². The van der Waals surface area contributed by atoms with Crippen molar-refractivity contribution in [2.45, 2.75) is 6.92 Å². The number of amides is 2. The third kappa shape index (κ3) is 3.79. The summed E-state index contributed by atoms with van der Waals surface area (Å²) < 4.78 is 13.5. The zero-order valence-electron chi connectivity index (χ0n) is 11.2. The van der Waals surface area contributed by atoms with Crippen molar-refractivity contribution >= 4 is 23.4 Å². The first kappa shape index (κ1) is 14.5. The second-order valence-electron chi connectivity index (χ2n) is 4.45. The molecular weight excluding hydrogens is 275 g/mol. The zero-order valence-corrected chi connectivity index (χ0v) is 11.2. The molecule has 2 aromatic rings. The summed E-state index contributed by atoms with van der Waals surface area (Å²) >= 11 is 0. The number of halogens is 1. The lowest BCUT2D eigenvalue weighted by Gasteiger charge is -2.09. The molecule has 0 aliphatic heterocycles. The molecule has 0 aromatic heterocycles. The average molecular weight is 288 g/mol. The van der Waals surface area contributed by atoms with Crippen LogP contribution in [-0.2, 0) is 0 Å². The fourth-order valence-corrected chi connectivity index (χ4v) is 1.75. The number of anilines is 2. The summed E-state index contributed by atoms with van der Waals surface area (Å²) in [5.74, 6) is -1.64. The van der Waals surface area contributed by atoms with Gasteiger partial charge in [0.25, 0.3) is 0 Å². The highest BCUT2D eigenvalue weighted by Gasteiger charge is 2.09. The average Bonchev–Trinajstić information content (AvgIpc) is 2.43. The molecule has 0 aliphatic rings. The summed E-state index contributed by atoms with van der Waals surface area (Å²) in [5.41, 5.74) is 1.22. The summed E-state index contributed by atoms with van der Waals surface area (Å²) in [5, 5.41) is 13.7. The van der Waals surface area contributed by atoms with Crippen LogP contribution in [0.3, 0.4) is 0 Å². The fraction of sp³-hybridized carbons (Fsp3) is 0.0667. The number of carbonyl (C=O) groups excluding carboxylic acids is 1. The maximum absolute atomic E-state index is 13.5. The Morgan fingerprint density at radius 2 is 1.86 bits per heavy atom. The highest BCUT2D eigenvalue weighted by Crippen LogP contribution is 2.16. The van der Waals surface area contributed by atoms with E-state index in [0.29, 0.717) is 5.69 Å². The molecule has 0 heterocycles. The molecule has 0 atom stereocenters. The highest BCUT2D eigenvalue weighted by atomic mass is 19.1. The summed E-state index contributed by atoms with van der Waals surface area (Å²) in [6.45, 7) is 1.78. The van der Waals surface area contributed by atoms with E-state index < -0.39 is 17.8 Å². The third-order valence-corrected chi connectivity index (χ3v) is 2.74. The molecule has 0 unspecified atom stereocenters. The number of benzene rings is 2. The Bertz CT molecular complexity index is 701. The summed E-state index contributed by atoms with van der Waals surface area (Å²) in [4.78, 5) is 22.6. The van der Waals surface area contributed by atoms with Gasteiger partial charge in [0.05, 0.1) is 11.3 Å². The van der Waals surface area contributed by atoms with Crippen LogP contribution in [-0.4, -0.2) is 17.1 Å². The topological polar surface area (TPSA) is 78.4 Å². The van der Waals surface area contributed by atoms with E-state index in [-0.39, 0.29) is 11.3 Å². The van der Waals surface area contributed by atoms with Crippen LogP contribution in [0.15, 0.2) is 42.5 Å². The molecule has 5 nitrogen and oxygen atoms in total. The second-order valence-corrected chi connectivity index (χ2v) is 4.45. The first-order valence-electron chi connectivity index (χ1n) is 6.13. The Morgan fingerprint density at radius 1 is 1.10 bits per heavy atom. The number of rotatable bonds is 3. The molecule has 0 fully saturated rings. The molecule has 2 aromatic carbocycles. The number of aromatic carboxylic acids is 1. The Kier molecular flexibility index (Phi) is 4.18. The van der Waals surface area contributed by atoms with E-state index in [1.165, 1.54) is 30.3 Å². The van der Waals surface area contributed by atoms with Gasteiger partial charge in [0.15, 0.2) is 0 Å². The summed E-state index contributed by atoms with van der Waals surface area (Å²) in [7, 11) is 0. The molecule has 0 bridgehead atoms. The van der Waals surface area contributed by atoms with Gasteiger partial charge in [-0.1, -0.05) is 12.1 Å². The lowest BCUT2D eigenvalue weighted by atomic mass is 10.2. The van der Waals surface area contributed by atoms with Gasteiger partial charge < -0.3 is 15.7 Å². The number of carboxylic acid groups (broad SMARTS) is 1. The number of nitrogens with one attached hydrogen (secondary N) is 2. The summed E-state index contributed by atoms with van der Waals surface area (Å²) in [6.07, 6.45) is 0. The number of urea groups is 1. The van der Waals surface area contributed by atoms with Crippen LogP contribution < -0.4 is 10.6 Å². The molecule has 0 radical (unpaired) electrons. The minimum Gasteiger partial charge on any atom is -0.478 e. The SMILES string of the molecule is Cc1ccc(F)c(NC(=O)Nc2cccc(C(=O)O)c2)c1. The van der Waals surface area contributed by atoms with E-state index in [0.717, 1.165) is 5.56 Å². The first-order valence-corrected chi connectivity index (χ1v) is 6.13. The summed E-state index contributed by atoms with van der Waals surface area (Å²) in [6, 6.07) is 9.47. The van der Waals surface area contributed by atoms with Crippen LogP contribution in [0.2, 0.25) is 0 Å². The quantitative estimate of drug-likeness (QED) is 0.809. The smallest absolute Gasteiger partial charge is 0.335 e. The van der Waals surface area contributed by atoms with Gasteiger partial charge in [-0.05, 0) is 42.8 Å². The van der Waals surface area contributed by atoms with Crippen LogP contribution in [0, 0.1) is 12.7 Å². The van der Waals surface area contributed by atoms with Gasteiger partial charge >= 0.3 is 12.0 Å². The predicted octanol–water partition coefficient (Wildman–Crippen LogP) is 3.48. The van der Waals surface area contributed by atoms with Crippen molar-refractivity contribution < 1.29 is 19.1 Å². The van der Waals surface area contributed by atoms with Crippen LogP contribution in [0.5, 0.6) is 0 Å². The van der Waals surface area contributed by atoms with Gasteiger partial charge in [-0.2, -0.15) is 0 Å². The van der Waals surface area contributed by atoms with Crippen molar-refractivity contribution in [1.82, 2.24) is 0 Å². The van der Waals surface area contributed by atoms with Crippen LogP contribution >= 0.6 is 0 Å². The molecule has 108 valence electrons. The number of hydrogen-bond donors (Lipinski definition) is 3. The lowest BCUT2D eigenvalue weighted by Crippen LogP contribution is -2.20. The predicted molar refractivity (Wildman–Crippen MR) is 77.2 cm³/mol. The van der Waals surface area contributed by atoms with E-state index in [2.05, 4.69) is 10.6 Å². The van der Waals surface area contributed by atoms with Crippen LogP contribution in [0.25, 0.3) is 0 Å². The maximum atomic E-state index is 13.5. The normalized spacial score (nSPS) is 10.0. The van der Waals surface area contributed by atoms with Gasteiger partial charge in [0.1, 0.15) is 5.82 Å². The molecule has 0 aliphatic carbocycles. The second kappa shape index (κ2) is 6.04. The molecule has 0 spiro atoms. The molecule has 3 N–H and O–H groups in total. The minimum absolute atomic E-state index is 0.0505. The van der Waals surface area contributed by atoms with Gasteiger partial charge in [0.2, 0.25) is 0 Å². The standard InChI is InChI=1S/C15H13FN2O3/c1-9-5-6-12(16)13(7-9)18-15(21)17-11-4-2-3-10(8-11)14(19)20/h2-8H,1H3,(H,19,20)(H2,17,18,21). The third-order valence-electron chi connectivity index (χ3n) is 2.74. The number of aryl methyl sites for hydroxylation is 1. The van der Waals surface area contributed by atoms with E-state index in [4.69, 9.17) is 5.11 Å².